The molecule has 0 bridgehead atoms. The molecule has 1 aliphatic heterocycles. The van der Waals surface area contributed by atoms with Crippen molar-refractivity contribution in [2.45, 2.75) is 51.6 Å². The predicted molar refractivity (Wildman–Crippen MR) is 89.0 cm³/mol. The average Bonchev–Trinajstić information content (AvgIpc) is 2.55. The van der Waals surface area contributed by atoms with E-state index in [1.807, 2.05) is 17.0 Å². The summed E-state index contributed by atoms with van der Waals surface area (Å²) in [5.74, 6) is 0.885. The lowest BCUT2D eigenvalue weighted by atomic mass is 9.82. The molecule has 1 fully saturated rings. The molecule has 0 radical (unpaired) electrons. The van der Waals surface area contributed by atoms with Crippen LogP contribution in [0.5, 0.6) is 5.75 Å². The number of ether oxygens (including phenoxy) is 1. The fraction of sp³-hybridized carbons (Fsp3) is 0.611. The Bertz CT molecular complexity index is 496. The Morgan fingerprint density at radius 3 is 2.64 bits per heavy atom. The maximum Gasteiger partial charge on any atom is 0.236 e. The van der Waals surface area contributed by atoms with E-state index < -0.39 is 0 Å². The van der Waals surface area contributed by atoms with Crippen LogP contribution in [-0.4, -0.2) is 36.5 Å². The Hall–Kier alpha value is -1.55. The van der Waals surface area contributed by atoms with Gasteiger partial charge in [-0.3, -0.25) is 4.79 Å². The standard InChI is InChI=1S/C18H28N2O2/c1-4-18(2,3)14-7-9-15(10-8-14)22-16-6-5-11-20(13-16)17(21)12-19/h7-10,16H,4-6,11-13,19H2,1-3H3. The molecule has 122 valence electrons. The van der Waals surface area contributed by atoms with Gasteiger partial charge in [-0.15, -0.1) is 0 Å². The Morgan fingerprint density at radius 2 is 2.05 bits per heavy atom. The van der Waals surface area contributed by atoms with Gasteiger partial charge in [0, 0.05) is 6.54 Å². The molecule has 4 nitrogen and oxygen atoms in total. The van der Waals surface area contributed by atoms with Crippen LogP contribution in [0.15, 0.2) is 24.3 Å². The molecule has 1 saturated heterocycles. The lowest BCUT2D eigenvalue weighted by molar-refractivity contribution is -0.132. The molecule has 1 amide bonds. The molecular formula is C18H28N2O2. The van der Waals surface area contributed by atoms with Crippen LogP contribution in [0.25, 0.3) is 0 Å². The number of carbonyl (C=O) groups excluding carboxylic acids is 1. The van der Waals surface area contributed by atoms with Crippen molar-refractivity contribution in [2.24, 2.45) is 5.73 Å². The molecular weight excluding hydrogens is 276 g/mol. The van der Waals surface area contributed by atoms with Crippen LogP contribution in [0.2, 0.25) is 0 Å². The molecule has 0 aliphatic carbocycles. The Kier molecular flexibility index (Phi) is 5.46. The lowest BCUT2D eigenvalue weighted by Crippen LogP contribution is -2.46. The average molecular weight is 304 g/mol. The number of hydrogen-bond acceptors (Lipinski definition) is 3. The van der Waals surface area contributed by atoms with Crippen LogP contribution in [-0.2, 0) is 10.2 Å². The highest BCUT2D eigenvalue weighted by molar-refractivity contribution is 5.78. The molecule has 0 aromatic heterocycles. The summed E-state index contributed by atoms with van der Waals surface area (Å²) in [4.78, 5) is 13.5. The van der Waals surface area contributed by atoms with E-state index in [9.17, 15) is 4.79 Å². The van der Waals surface area contributed by atoms with Crippen molar-refractivity contribution >= 4 is 5.91 Å². The van der Waals surface area contributed by atoms with Crippen LogP contribution in [0.1, 0.15) is 45.6 Å². The van der Waals surface area contributed by atoms with Gasteiger partial charge in [0.05, 0.1) is 13.1 Å². The van der Waals surface area contributed by atoms with Crippen molar-refractivity contribution in [3.8, 4) is 5.75 Å². The zero-order valence-electron chi connectivity index (χ0n) is 14.0. The first-order valence-corrected chi connectivity index (χ1v) is 8.21. The summed E-state index contributed by atoms with van der Waals surface area (Å²) in [5.41, 5.74) is 6.95. The summed E-state index contributed by atoms with van der Waals surface area (Å²) < 4.78 is 6.05. The van der Waals surface area contributed by atoms with Gasteiger partial charge in [-0.05, 0) is 42.4 Å². The lowest BCUT2D eigenvalue weighted by Gasteiger charge is -2.33. The van der Waals surface area contributed by atoms with Crippen molar-refractivity contribution < 1.29 is 9.53 Å². The number of nitrogens with two attached hydrogens (primary N) is 1. The number of nitrogens with zero attached hydrogens (tertiary/aromatic N) is 1. The van der Waals surface area contributed by atoms with Gasteiger partial charge in [0.25, 0.3) is 0 Å². The van der Waals surface area contributed by atoms with E-state index in [0.717, 1.165) is 31.6 Å². The van der Waals surface area contributed by atoms with Crippen molar-refractivity contribution in [2.75, 3.05) is 19.6 Å². The molecule has 0 saturated carbocycles. The highest BCUT2D eigenvalue weighted by Gasteiger charge is 2.24. The number of piperidine rings is 1. The van der Waals surface area contributed by atoms with Crippen LogP contribution < -0.4 is 10.5 Å². The maximum atomic E-state index is 11.7. The molecule has 1 heterocycles. The minimum absolute atomic E-state index is 0.00773. The third kappa shape index (κ3) is 4.01. The first-order valence-electron chi connectivity index (χ1n) is 8.21. The van der Waals surface area contributed by atoms with Gasteiger partial charge in [-0.1, -0.05) is 32.9 Å². The summed E-state index contributed by atoms with van der Waals surface area (Å²) in [5, 5.41) is 0. The van der Waals surface area contributed by atoms with E-state index in [4.69, 9.17) is 10.5 Å². The molecule has 1 atom stereocenters. The SMILES string of the molecule is CCC(C)(C)c1ccc(OC2CCCN(C(=O)CN)C2)cc1. The van der Waals surface area contributed by atoms with Crippen LogP contribution in [0, 0.1) is 0 Å². The minimum Gasteiger partial charge on any atom is -0.489 e. The van der Waals surface area contributed by atoms with Gasteiger partial charge < -0.3 is 15.4 Å². The van der Waals surface area contributed by atoms with E-state index in [1.165, 1.54) is 5.56 Å². The molecule has 2 N–H and O–H groups in total. The summed E-state index contributed by atoms with van der Waals surface area (Å²) in [6.07, 6.45) is 3.12. The van der Waals surface area contributed by atoms with E-state index in [0.29, 0.717) is 6.54 Å². The van der Waals surface area contributed by atoms with E-state index in [1.54, 1.807) is 0 Å². The maximum absolute atomic E-state index is 11.7. The second-order valence-electron chi connectivity index (χ2n) is 6.69. The van der Waals surface area contributed by atoms with Crippen molar-refractivity contribution in [3.05, 3.63) is 29.8 Å². The van der Waals surface area contributed by atoms with Crippen LogP contribution >= 0.6 is 0 Å². The zero-order valence-corrected chi connectivity index (χ0v) is 14.0. The molecule has 4 heteroatoms. The van der Waals surface area contributed by atoms with Crippen LogP contribution in [0.3, 0.4) is 0 Å². The third-order valence-electron chi connectivity index (χ3n) is 4.73. The van der Waals surface area contributed by atoms with Crippen LogP contribution in [0.4, 0.5) is 0 Å². The monoisotopic (exact) mass is 304 g/mol. The molecule has 2 rings (SSSR count). The number of likely N-dealkylation sites (tertiary alicyclic amines) is 1. The summed E-state index contributed by atoms with van der Waals surface area (Å²) in [6, 6.07) is 8.36. The van der Waals surface area contributed by atoms with Gasteiger partial charge in [0.2, 0.25) is 5.91 Å². The number of hydrogen-bond donors (Lipinski definition) is 1. The van der Waals surface area contributed by atoms with E-state index in [-0.39, 0.29) is 24.0 Å². The molecule has 1 aromatic rings. The number of amides is 1. The third-order valence-corrected chi connectivity index (χ3v) is 4.73. The highest BCUT2D eigenvalue weighted by atomic mass is 16.5. The fourth-order valence-corrected chi connectivity index (χ4v) is 2.77. The predicted octanol–water partition coefficient (Wildman–Crippen LogP) is 2.70. The van der Waals surface area contributed by atoms with Gasteiger partial charge in [0.15, 0.2) is 0 Å². The second-order valence-corrected chi connectivity index (χ2v) is 6.69. The molecule has 1 aliphatic rings. The van der Waals surface area contributed by atoms with Gasteiger partial charge in [-0.25, -0.2) is 0 Å². The van der Waals surface area contributed by atoms with Gasteiger partial charge in [-0.2, -0.15) is 0 Å². The summed E-state index contributed by atoms with van der Waals surface area (Å²) in [7, 11) is 0. The zero-order chi connectivity index (χ0) is 16.2. The molecule has 0 spiro atoms. The first-order chi connectivity index (χ1) is 10.5. The minimum atomic E-state index is 0.00773. The fourth-order valence-electron chi connectivity index (χ4n) is 2.77. The second kappa shape index (κ2) is 7.14. The van der Waals surface area contributed by atoms with Crippen molar-refractivity contribution in [3.63, 3.8) is 0 Å². The van der Waals surface area contributed by atoms with Crippen molar-refractivity contribution in [1.29, 1.82) is 0 Å². The van der Waals surface area contributed by atoms with Gasteiger partial charge >= 0.3 is 0 Å². The first kappa shape index (κ1) is 16.8. The number of carbonyl (C=O) groups is 1. The highest BCUT2D eigenvalue weighted by Crippen LogP contribution is 2.28. The van der Waals surface area contributed by atoms with E-state index >= 15 is 0 Å². The molecule has 1 unspecified atom stereocenters. The largest absolute Gasteiger partial charge is 0.489 e. The quantitative estimate of drug-likeness (QED) is 0.910. The molecule has 22 heavy (non-hydrogen) atoms. The Morgan fingerprint density at radius 1 is 1.36 bits per heavy atom. The van der Waals surface area contributed by atoms with E-state index in [2.05, 4.69) is 32.9 Å². The Labute approximate surface area is 133 Å². The summed E-state index contributed by atoms with van der Waals surface area (Å²) >= 11 is 0. The topological polar surface area (TPSA) is 55.6 Å². The van der Waals surface area contributed by atoms with Gasteiger partial charge in [0.1, 0.15) is 11.9 Å². The summed E-state index contributed by atoms with van der Waals surface area (Å²) in [6.45, 7) is 8.21. The number of rotatable bonds is 5. The van der Waals surface area contributed by atoms with Crippen molar-refractivity contribution in [1.82, 2.24) is 4.90 Å². The number of benzene rings is 1. The Balaban J connectivity index is 1.97. The normalized spacial score (nSPS) is 19.1. The smallest absolute Gasteiger partial charge is 0.236 e. The molecule has 1 aromatic carbocycles.